The first-order valence-electron chi connectivity index (χ1n) is 22.9. The Hall–Kier alpha value is -2.65. The molecule has 1 aliphatic rings. The molecule has 1 heterocycles. The summed E-state index contributed by atoms with van der Waals surface area (Å²) in [7, 11) is -4.62. The van der Waals surface area contributed by atoms with E-state index in [2.05, 4.69) is 50.3 Å². The zero-order valence-corrected chi connectivity index (χ0v) is 37.6. The van der Waals surface area contributed by atoms with Gasteiger partial charge in [0, 0.05) is 12.5 Å². The maximum atomic E-state index is 12.8. The molecule has 1 rings (SSSR count). The summed E-state index contributed by atoms with van der Waals surface area (Å²) in [6, 6.07) is 0. The summed E-state index contributed by atoms with van der Waals surface area (Å²) in [5.74, 6) is -2.28. The van der Waals surface area contributed by atoms with Crippen molar-refractivity contribution in [3.8, 4) is 0 Å². The number of aliphatic hydroxyl groups excluding tert-OH is 3. The van der Waals surface area contributed by atoms with Gasteiger partial charge in [-0.3, -0.25) is 9.35 Å². The van der Waals surface area contributed by atoms with Crippen LogP contribution in [0.5, 0.6) is 0 Å². The number of carbonyl (C=O) groups excluding carboxylic acids is 2. The Morgan fingerprint density at radius 3 is 1.70 bits per heavy atom. The van der Waals surface area contributed by atoms with E-state index in [-0.39, 0.29) is 6.42 Å². The Morgan fingerprint density at radius 2 is 1.12 bits per heavy atom. The molecule has 0 saturated carbocycles. The third-order valence-electron chi connectivity index (χ3n) is 10.2. The maximum Gasteiger partial charge on any atom is 0.330 e. The number of unbranched alkanes of at least 4 members (excludes halogenated alkanes) is 18. The van der Waals surface area contributed by atoms with E-state index in [1.165, 1.54) is 89.5 Å². The van der Waals surface area contributed by atoms with E-state index >= 15 is 0 Å². The van der Waals surface area contributed by atoms with Crippen molar-refractivity contribution in [3.05, 3.63) is 60.8 Å². The highest BCUT2D eigenvalue weighted by Gasteiger charge is 2.46. The summed E-state index contributed by atoms with van der Waals surface area (Å²) in [5, 5.41) is 30.9. The van der Waals surface area contributed by atoms with E-state index in [4.69, 9.17) is 18.9 Å². The molecular weight excluding hydrogens is 789 g/mol. The van der Waals surface area contributed by atoms with Gasteiger partial charge in [0.05, 0.1) is 6.61 Å². The first kappa shape index (κ1) is 55.4. The van der Waals surface area contributed by atoms with Crippen LogP contribution in [0.3, 0.4) is 0 Å². The molecule has 0 aromatic rings. The molecule has 6 atom stereocenters. The van der Waals surface area contributed by atoms with Gasteiger partial charge >= 0.3 is 11.9 Å². The summed E-state index contributed by atoms with van der Waals surface area (Å²) in [6.45, 7) is 3.60. The summed E-state index contributed by atoms with van der Waals surface area (Å²) in [6.07, 6.45) is 36.1. The van der Waals surface area contributed by atoms with Crippen LogP contribution in [-0.4, -0.2) is 96.0 Å². The Bertz CT molecular complexity index is 1340. The fourth-order valence-electron chi connectivity index (χ4n) is 6.60. The number of hydrogen-bond acceptors (Lipinski definition) is 11. The van der Waals surface area contributed by atoms with Crippen LogP contribution < -0.4 is 0 Å². The quantitative estimate of drug-likeness (QED) is 0.0116. The third-order valence-corrected chi connectivity index (χ3v) is 10.9. The zero-order valence-electron chi connectivity index (χ0n) is 36.8. The standard InChI is InChI=1S/C47H80O12S/c1-3-5-7-9-11-13-15-17-19-20-22-24-26-28-30-32-34-36-43(49)58-40(38-57-47-46(52)45(51)44(50)41(59-47)39-60(53,54)55)37-56-42(48)35-33-31-29-27-25-23-21-18-16-14-12-10-8-6-4-2/h11,13,17,19,22,24,29,31,33,35,40-41,44-47,50-52H,3-10,12,14-16,18,20-21,23,25-28,30,32,34,36-39H2,1-2H3,(H,53,54,55)/b13-11+,19-17+,24-22+,31-29+,35-33+/t40-,41-,44-,45?,46?,47+/m1/s1. The van der Waals surface area contributed by atoms with Gasteiger partial charge in [-0.1, -0.05) is 158 Å². The van der Waals surface area contributed by atoms with Crippen molar-refractivity contribution in [1.29, 1.82) is 0 Å². The molecular formula is C47H80O12S. The maximum absolute atomic E-state index is 12.8. The second-order valence-corrected chi connectivity index (χ2v) is 17.3. The smallest absolute Gasteiger partial charge is 0.330 e. The van der Waals surface area contributed by atoms with Crippen LogP contribution in [-0.2, 0) is 38.7 Å². The van der Waals surface area contributed by atoms with Crippen molar-refractivity contribution in [2.45, 2.75) is 205 Å². The normalized spacial score (nSPS) is 20.7. The minimum Gasteiger partial charge on any atom is -0.458 e. The number of hydrogen-bond donors (Lipinski definition) is 4. The molecule has 13 heteroatoms. The Kier molecular flexibility index (Phi) is 34.1. The van der Waals surface area contributed by atoms with Gasteiger partial charge in [0.25, 0.3) is 10.1 Å². The second-order valence-electron chi connectivity index (χ2n) is 15.8. The Morgan fingerprint density at radius 1 is 0.617 bits per heavy atom. The molecule has 0 amide bonds. The number of ether oxygens (including phenoxy) is 4. The van der Waals surface area contributed by atoms with Crippen LogP contribution in [0.15, 0.2) is 60.8 Å². The fraction of sp³-hybridized carbons (Fsp3) is 0.745. The van der Waals surface area contributed by atoms with Crippen molar-refractivity contribution in [2.75, 3.05) is 19.0 Å². The van der Waals surface area contributed by atoms with Crippen LogP contribution in [0.25, 0.3) is 0 Å². The Labute approximate surface area is 362 Å². The number of allylic oxidation sites excluding steroid dienone is 9. The molecule has 1 aliphatic heterocycles. The molecule has 0 aliphatic carbocycles. The van der Waals surface area contributed by atoms with Crippen molar-refractivity contribution >= 4 is 22.1 Å². The van der Waals surface area contributed by atoms with E-state index in [1.54, 1.807) is 12.2 Å². The highest BCUT2D eigenvalue weighted by molar-refractivity contribution is 7.85. The van der Waals surface area contributed by atoms with E-state index in [0.717, 1.165) is 57.8 Å². The summed E-state index contributed by atoms with van der Waals surface area (Å²) in [4.78, 5) is 25.3. The van der Waals surface area contributed by atoms with Gasteiger partial charge in [-0.2, -0.15) is 8.42 Å². The molecule has 0 aromatic carbocycles. The van der Waals surface area contributed by atoms with Gasteiger partial charge in [-0.05, 0) is 57.8 Å². The topological polar surface area (TPSA) is 186 Å². The second kappa shape index (κ2) is 37.0. The minimum absolute atomic E-state index is 0.117. The zero-order chi connectivity index (χ0) is 44.1. The molecule has 0 bridgehead atoms. The van der Waals surface area contributed by atoms with E-state index in [0.29, 0.717) is 6.42 Å². The molecule has 0 radical (unpaired) electrons. The highest BCUT2D eigenvalue weighted by atomic mass is 32.2. The molecule has 0 spiro atoms. The van der Waals surface area contributed by atoms with Gasteiger partial charge in [0.15, 0.2) is 12.4 Å². The average molecular weight is 869 g/mol. The largest absolute Gasteiger partial charge is 0.458 e. The van der Waals surface area contributed by atoms with Crippen LogP contribution in [0.1, 0.15) is 168 Å². The first-order chi connectivity index (χ1) is 29.0. The third kappa shape index (κ3) is 31.2. The van der Waals surface area contributed by atoms with Crippen molar-refractivity contribution in [2.24, 2.45) is 0 Å². The predicted octanol–water partition coefficient (Wildman–Crippen LogP) is 9.34. The monoisotopic (exact) mass is 869 g/mol. The lowest BCUT2D eigenvalue weighted by Gasteiger charge is -2.40. The Balaban J connectivity index is 2.52. The van der Waals surface area contributed by atoms with Gasteiger partial charge in [0.1, 0.15) is 36.8 Å². The minimum atomic E-state index is -4.62. The molecule has 1 saturated heterocycles. The lowest BCUT2D eigenvalue weighted by molar-refractivity contribution is -0.297. The lowest BCUT2D eigenvalue weighted by Crippen LogP contribution is -2.60. The van der Waals surface area contributed by atoms with Crippen molar-refractivity contribution < 1.29 is 56.8 Å². The highest BCUT2D eigenvalue weighted by Crippen LogP contribution is 2.24. The van der Waals surface area contributed by atoms with Crippen molar-refractivity contribution in [1.82, 2.24) is 0 Å². The average Bonchev–Trinajstić information content (AvgIpc) is 3.21. The summed E-state index contributed by atoms with van der Waals surface area (Å²) < 4.78 is 53.8. The number of carbonyl (C=O) groups is 2. The van der Waals surface area contributed by atoms with E-state index in [9.17, 15) is 37.9 Å². The molecule has 1 fully saturated rings. The van der Waals surface area contributed by atoms with Gasteiger partial charge in [0.2, 0.25) is 0 Å². The molecule has 60 heavy (non-hydrogen) atoms. The lowest BCUT2D eigenvalue weighted by atomic mass is 10.00. The van der Waals surface area contributed by atoms with Crippen LogP contribution in [0.2, 0.25) is 0 Å². The van der Waals surface area contributed by atoms with Crippen LogP contribution in [0.4, 0.5) is 0 Å². The van der Waals surface area contributed by atoms with Crippen molar-refractivity contribution in [3.63, 3.8) is 0 Å². The molecule has 12 nitrogen and oxygen atoms in total. The molecule has 4 N–H and O–H groups in total. The molecule has 346 valence electrons. The number of aliphatic hydroxyl groups is 3. The molecule has 2 unspecified atom stereocenters. The number of esters is 2. The van der Waals surface area contributed by atoms with Gasteiger partial charge < -0.3 is 34.3 Å². The number of rotatable bonds is 37. The fourth-order valence-corrected chi connectivity index (χ4v) is 7.29. The predicted molar refractivity (Wildman–Crippen MR) is 238 cm³/mol. The van der Waals surface area contributed by atoms with Crippen LogP contribution in [0, 0.1) is 0 Å². The van der Waals surface area contributed by atoms with Gasteiger partial charge in [-0.15, -0.1) is 0 Å². The van der Waals surface area contributed by atoms with E-state index < -0.39 is 77.8 Å². The summed E-state index contributed by atoms with van der Waals surface area (Å²) in [5.41, 5.74) is 0. The van der Waals surface area contributed by atoms with Crippen LogP contribution >= 0.6 is 0 Å². The summed E-state index contributed by atoms with van der Waals surface area (Å²) >= 11 is 0. The van der Waals surface area contributed by atoms with Gasteiger partial charge in [-0.25, -0.2) is 4.79 Å². The van der Waals surface area contributed by atoms with E-state index in [1.807, 2.05) is 6.08 Å². The molecule has 0 aromatic heterocycles. The first-order valence-corrected chi connectivity index (χ1v) is 24.5. The SMILES string of the molecule is CCCCC/C=C/C/C=C/C/C=C/CCCCCCC(=O)O[C@H](COC(=O)/C=C/C=C/CCCCCCCCCCCCC)CO[C@H]1O[C@H](CS(=O)(=O)O)[C@@H](O)C(O)C1O.